The molecule has 3 heteroatoms. The number of carbonyl (C=O) groups is 1. The molecule has 0 aliphatic carbocycles. The minimum absolute atomic E-state index is 0.0338. The second-order valence-corrected chi connectivity index (χ2v) is 2.98. The fraction of sp³-hybridized carbons (Fsp3) is 0.700. The highest BCUT2D eigenvalue weighted by atomic mass is 16.5. The van der Waals surface area contributed by atoms with Gasteiger partial charge < -0.3 is 10.5 Å². The number of hydrogen-bond acceptors (Lipinski definition) is 3. The second kappa shape index (κ2) is 7.80. The fourth-order valence-electron chi connectivity index (χ4n) is 1.08. The summed E-state index contributed by atoms with van der Waals surface area (Å²) in [6, 6.07) is 0. The van der Waals surface area contributed by atoms with Gasteiger partial charge in [0.2, 0.25) is 0 Å². The van der Waals surface area contributed by atoms with Crippen LogP contribution in [0.2, 0.25) is 0 Å². The van der Waals surface area contributed by atoms with Gasteiger partial charge in [0, 0.05) is 6.42 Å². The summed E-state index contributed by atoms with van der Waals surface area (Å²) < 4.78 is 5.11. The van der Waals surface area contributed by atoms with Crippen molar-refractivity contribution < 1.29 is 9.53 Å². The minimum Gasteiger partial charge on any atom is -0.461 e. The van der Waals surface area contributed by atoms with E-state index in [2.05, 4.69) is 13.5 Å². The Labute approximate surface area is 79.9 Å². The van der Waals surface area contributed by atoms with E-state index >= 15 is 0 Å². The zero-order valence-corrected chi connectivity index (χ0v) is 8.29. The summed E-state index contributed by atoms with van der Waals surface area (Å²) in [4.78, 5) is 10.9. The standard InChI is InChI=1S/C10H19NO2/c1-3-5-7-9(6-4-2)13-10(12)8-11/h4,9H,2-3,5-8,11H2,1H3. The van der Waals surface area contributed by atoms with Crippen molar-refractivity contribution in [2.75, 3.05) is 6.54 Å². The summed E-state index contributed by atoms with van der Waals surface area (Å²) in [5, 5.41) is 0. The Bertz CT molecular complexity index is 157. The van der Waals surface area contributed by atoms with Crippen LogP contribution in [0.15, 0.2) is 12.7 Å². The van der Waals surface area contributed by atoms with Crippen LogP contribution in [-0.4, -0.2) is 18.6 Å². The van der Waals surface area contributed by atoms with Gasteiger partial charge in [-0.2, -0.15) is 0 Å². The molecule has 0 aliphatic rings. The molecular formula is C10H19NO2. The number of nitrogens with two attached hydrogens (primary N) is 1. The predicted molar refractivity (Wildman–Crippen MR) is 53.3 cm³/mol. The molecule has 1 atom stereocenters. The van der Waals surface area contributed by atoms with Gasteiger partial charge in [0.15, 0.2) is 0 Å². The molecular weight excluding hydrogens is 166 g/mol. The lowest BCUT2D eigenvalue weighted by Crippen LogP contribution is -2.23. The zero-order chi connectivity index (χ0) is 10.1. The van der Waals surface area contributed by atoms with Crippen molar-refractivity contribution in [1.29, 1.82) is 0 Å². The van der Waals surface area contributed by atoms with Crippen LogP contribution in [0.3, 0.4) is 0 Å². The Morgan fingerprint density at radius 3 is 2.85 bits per heavy atom. The van der Waals surface area contributed by atoms with Crippen molar-refractivity contribution in [3.05, 3.63) is 12.7 Å². The van der Waals surface area contributed by atoms with Gasteiger partial charge in [0.05, 0.1) is 6.54 Å². The first-order valence-electron chi connectivity index (χ1n) is 4.75. The van der Waals surface area contributed by atoms with E-state index in [1.54, 1.807) is 6.08 Å². The average Bonchev–Trinajstić information content (AvgIpc) is 2.14. The summed E-state index contributed by atoms with van der Waals surface area (Å²) in [6.07, 6.45) is 5.52. The maximum absolute atomic E-state index is 10.9. The Morgan fingerprint density at radius 2 is 2.38 bits per heavy atom. The van der Waals surface area contributed by atoms with E-state index < -0.39 is 0 Å². The maximum atomic E-state index is 10.9. The van der Waals surface area contributed by atoms with E-state index in [1.807, 2.05) is 0 Å². The Hall–Kier alpha value is -0.830. The number of rotatable bonds is 7. The van der Waals surface area contributed by atoms with Gasteiger partial charge in [0.1, 0.15) is 6.10 Å². The van der Waals surface area contributed by atoms with Crippen LogP contribution in [0.25, 0.3) is 0 Å². The largest absolute Gasteiger partial charge is 0.461 e. The minimum atomic E-state index is -0.331. The molecule has 0 aromatic heterocycles. The third kappa shape index (κ3) is 6.34. The molecule has 0 amide bonds. The molecule has 1 unspecified atom stereocenters. The first kappa shape index (κ1) is 12.2. The maximum Gasteiger partial charge on any atom is 0.319 e. The number of ether oxygens (including phenoxy) is 1. The summed E-state index contributed by atoms with van der Waals surface area (Å²) in [5.41, 5.74) is 5.14. The second-order valence-electron chi connectivity index (χ2n) is 2.98. The molecule has 0 aromatic rings. The van der Waals surface area contributed by atoms with Crippen molar-refractivity contribution in [3.8, 4) is 0 Å². The first-order chi connectivity index (χ1) is 6.24. The van der Waals surface area contributed by atoms with Crippen LogP contribution in [0.5, 0.6) is 0 Å². The Balaban J connectivity index is 3.78. The smallest absolute Gasteiger partial charge is 0.319 e. The van der Waals surface area contributed by atoms with E-state index in [0.717, 1.165) is 19.3 Å². The third-order valence-electron chi connectivity index (χ3n) is 1.77. The van der Waals surface area contributed by atoms with Gasteiger partial charge in [-0.05, 0) is 6.42 Å². The van der Waals surface area contributed by atoms with Crippen LogP contribution in [0.1, 0.15) is 32.6 Å². The van der Waals surface area contributed by atoms with Gasteiger partial charge in [-0.1, -0.05) is 25.8 Å². The van der Waals surface area contributed by atoms with Crippen LogP contribution in [0.4, 0.5) is 0 Å². The molecule has 0 aliphatic heterocycles. The number of unbranched alkanes of at least 4 members (excludes halogenated alkanes) is 1. The fourth-order valence-corrected chi connectivity index (χ4v) is 1.08. The quantitative estimate of drug-likeness (QED) is 0.484. The highest BCUT2D eigenvalue weighted by Gasteiger charge is 2.10. The molecule has 0 bridgehead atoms. The lowest BCUT2D eigenvalue weighted by Gasteiger charge is -2.15. The van der Waals surface area contributed by atoms with Crippen LogP contribution in [-0.2, 0) is 9.53 Å². The normalized spacial score (nSPS) is 12.2. The summed E-state index contributed by atoms with van der Waals surface area (Å²) in [7, 11) is 0. The van der Waals surface area contributed by atoms with E-state index in [9.17, 15) is 4.79 Å². The van der Waals surface area contributed by atoms with E-state index in [4.69, 9.17) is 10.5 Å². The zero-order valence-electron chi connectivity index (χ0n) is 8.29. The van der Waals surface area contributed by atoms with Crippen molar-refractivity contribution in [3.63, 3.8) is 0 Å². The van der Waals surface area contributed by atoms with E-state index in [-0.39, 0.29) is 18.6 Å². The van der Waals surface area contributed by atoms with Gasteiger partial charge in [-0.15, -0.1) is 6.58 Å². The van der Waals surface area contributed by atoms with Crippen LogP contribution < -0.4 is 5.73 Å². The molecule has 0 rings (SSSR count). The lowest BCUT2D eigenvalue weighted by molar-refractivity contribution is -0.147. The van der Waals surface area contributed by atoms with Gasteiger partial charge in [0.25, 0.3) is 0 Å². The Kier molecular flexibility index (Phi) is 7.30. The third-order valence-corrected chi connectivity index (χ3v) is 1.77. The van der Waals surface area contributed by atoms with Gasteiger partial charge in [-0.25, -0.2) is 0 Å². The molecule has 0 fully saturated rings. The van der Waals surface area contributed by atoms with Crippen molar-refractivity contribution in [2.24, 2.45) is 5.73 Å². The molecule has 2 N–H and O–H groups in total. The Morgan fingerprint density at radius 1 is 1.69 bits per heavy atom. The number of esters is 1. The molecule has 3 nitrogen and oxygen atoms in total. The topological polar surface area (TPSA) is 52.3 Å². The number of hydrogen-bond donors (Lipinski definition) is 1. The van der Waals surface area contributed by atoms with E-state index in [1.165, 1.54) is 0 Å². The molecule has 13 heavy (non-hydrogen) atoms. The number of carbonyl (C=O) groups excluding carboxylic acids is 1. The van der Waals surface area contributed by atoms with Crippen LogP contribution in [0, 0.1) is 0 Å². The van der Waals surface area contributed by atoms with Gasteiger partial charge >= 0.3 is 5.97 Å². The van der Waals surface area contributed by atoms with Crippen LogP contribution >= 0.6 is 0 Å². The monoisotopic (exact) mass is 185 g/mol. The molecule has 0 aromatic carbocycles. The highest BCUT2D eigenvalue weighted by molar-refractivity contribution is 5.71. The van der Waals surface area contributed by atoms with Crippen molar-refractivity contribution in [1.82, 2.24) is 0 Å². The van der Waals surface area contributed by atoms with Gasteiger partial charge in [-0.3, -0.25) is 4.79 Å². The molecule has 0 saturated carbocycles. The molecule has 0 radical (unpaired) electrons. The lowest BCUT2D eigenvalue weighted by atomic mass is 10.1. The summed E-state index contributed by atoms with van der Waals surface area (Å²) >= 11 is 0. The average molecular weight is 185 g/mol. The first-order valence-corrected chi connectivity index (χ1v) is 4.75. The van der Waals surface area contributed by atoms with E-state index in [0.29, 0.717) is 6.42 Å². The SMILES string of the molecule is C=CCC(CCCC)OC(=O)CN. The molecule has 0 heterocycles. The molecule has 0 spiro atoms. The summed E-state index contributed by atoms with van der Waals surface area (Å²) in [5.74, 6) is -0.331. The van der Waals surface area contributed by atoms with Crippen molar-refractivity contribution >= 4 is 5.97 Å². The molecule has 76 valence electrons. The highest BCUT2D eigenvalue weighted by Crippen LogP contribution is 2.09. The summed E-state index contributed by atoms with van der Waals surface area (Å²) in [6.45, 7) is 5.68. The van der Waals surface area contributed by atoms with Crippen molar-refractivity contribution in [2.45, 2.75) is 38.7 Å². The molecule has 0 saturated heterocycles. The predicted octanol–water partition coefficient (Wildman–Crippen LogP) is 1.62.